The molecule has 1 rings (SSSR count). The summed E-state index contributed by atoms with van der Waals surface area (Å²) in [6, 6.07) is 7.91. The highest BCUT2D eigenvalue weighted by molar-refractivity contribution is 9.09. The fraction of sp³-hybridized carbons (Fsp3) is 0.455. The van der Waals surface area contributed by atoms with Gasteiger partial charge in [0.05, 0.1) is 7.11 Å². The van der Waals surface area contributed by atoms with Gasteiger partial charge in [0, 0.05) is 0 Å². The highest BCUT2D eigenvalue weighted by Gasteiger charge is 2.20. The van der Waals surface area contributed by atoms with Crippen LogP contribution < -0.4 is 4.74 Å². The van der Waals surface area contributed by atoms with Crippen molar-refractivity contribution >= 4 is 24.2 Å². The molecule has 1 aromatic rings. The Morgan fingerprint density at radius 3 is 2.07 bits per heavy atom. The number of benzene rings is 1. The molecule has 0 spiro atoms. The van der Waals surface area contributed by atoms with E-state index < -0.39 is 8.32 Å². The van der Waals surface area contributed by atoms with E-state index in [-0.39, 0.29) is 5.01 Å². The monoisotopic (exact) mass is 288 g/mol. The summed E-state index contributed by atoms with van der Waals surface area (Å²) in [4.78, 5) is 0. The minimum absolute atomic E-state index is 0.0185. The van der Waals surface area contributed by atoms with Gasteiger partial charge in [-0.1, -0.05) is 28.1 Å². The average molecular weight is 289 g/mol. The molecule has 0 saturated heterocycles. The van der Waals surface area contributed by atoms with Crippen molar-refractivity contribution in [2.45, 2.75) is 24.7 Å². The highest BCUT2D eigenvalue weighted by atomic mass is 79.9. The van der Waals surface area contributed by atoms with Gasteiger partial charge in [-0.05, 0) is 37.3 Å². The summed E-state index contributed by atoms with van der Waals surface area (Å²) in [5.41, 5.74) is 1.12. The van der Waals surface area contributed by atoms with Crippen LogP contribution in [0, 0.1) is 0 Å². The van der Waals surface area contributed by atoms with E-state index in [9.17, 15) is 0 Å². The van der Waals surface area contributed by atoms with Gasteiger partial charge in [0.15, 0.2) is 8.32 Å². The summed E-state index contributed by atoms with van der Waals surface area (Å²) >= 11 is 3.54. The molecule has 0 aliphatic carbocycles. The zero-order valence-corrected chi connectivity index (χ0v) is 12.2. The van der Waals surface area contributed by atoms with E-state index in [0.717, 1.165) is 11.3 Å². The third-order valence-electron chi connectivity index (χ3n) is 1.83. The van der Waals surface area contributed by atoms with Crippen LogP contribution in [0.3, 0.4) is 0 Å². The average Bonchev–Trinajstić information content (AvgIpc) is 2.15. The van der Waals surface area contributed by atoms with E-state index in [0.29, 0.717) is 0 Å². The van der Waals surface area contributed by atoms with Crippen molar-refractivity contribution in [3.8, 4) is 5.75 Å². The molecule has 0 saturated carbocycles. The fourth-order valence-electron chi connectivity index (χ4n) is 1.13. The van der Waals surface area contributed by atoms with Crippen molar-refractivity contribution < 1.29 is 9.16 Å². The molecular formula is C11H17BrO2Si. The highest BCUT2D eigenvalue weighted by Crippen LogP contribution is 2.28. The first-order chi connectivity index (χ1) is 6.92. The van der Waals surface area contributed by atoms with Crippen molar-refractivity contribution in [2.75, 3.05) is 7.11 Å². The quantitative estimate of drug-likeness (QED) is 0.617. The molecule has 0 N–H and O–H groups in total. The van der Waals surface area contributed by atoms with Crippen LogP contribution in [0.4, 0.5) is 0 Å². The fourth-order valence-corrected chi connectivity index (χ4v) is 3.88. The lowest BCUT2D eigenvalue weighted by molar-refractivity contribution is 0.295. The van der Waals surface area contributed by atoms with Crippen molar-refractivity contribution in [1.29, 1.82) is 0 Å². The summed E-state index contributed by atoms with van der Waals surface area (Å²) in [6.07, 6.45) is 0. The van der Waals surface area contributed by atoms with E-state index >= 15 is 0 Å². The normalized spacial score (nSPS) is 13.7. The first-order valence-corrected chi connectivity index (χ1v) is 9.20. The number of hydrogen-bond acceptors (Lipinski definition) is 2. The number of rotatable bonds is 4. The van der Waals surface area contributed by atoms with Crippen LogP contribution in [0.25, 0.3) is 0 Å². The maximum absolute atomic E-state index is 5.91. The van der Waals surface area contributed by atoms with Gasteiger partial charge in [0.2, 0.25) is 0 Å². The molecule has 1 unspecified atom stereocenters. The topological polar surface area (TPSA) is 18.5 Å². The van der Waals surface area contributed by atoms with Gasteiger partial charge in [0.25, 0.3) is 0 Å². The van der Waals surface area contributed by atoms with Crippen LogP contribution in [0.2, 0.25) is 19.6 Å². The molecule has 84 valence electrons. The Hall–Kier alpha value is -0.323. The minimum Gasteiger partial charge on any atom is -0.497 e. The molecule has 0 heterocycles. The molecule has 0 aromatic heterocycles. The molecule has 1 atom stereocenters. The lowest BCUT2D eigenvalue weighted by Crippen LogP contribution is -2.26. The lowest BCUT2D eigenvalue weighted by atomic mass is 10.2. The van der Waals surface area contributed by atoms with Crippen LogP contribution in [-0.2, 0) is 4.43 Å². The number of ether oxygens (including phenoxy) is 1. The predicted octanol–water partition coefficient (Wildman–Crippen LogP) is 3.94. The van der Waals surface area contributed by atoms with E-state index in [1.54, 1.807) is 7.11 Å². The van der Waals surface area contributed by atoms with Gasteiger partial charge >= 0.3 is 0 Å². The standard InChI is InChI=1S/C11H17BrO2Si/c1-13-10-7-5-9(6-8-10)11(12)14-15(2,3)4/h5-8,11H,1-4H3. The Morgan fingerprint density at radius 1 is 1.13 bits per heavy atom. The summed E-state index contributed by atoms with van der Waals surface area (Å²) in [5, 5.41) is -0.0185. The van der Waals surface area contributed by atoms with Gasteiger partial charge in [-0.2, -0.15) is 0 Å². The van der Waals surface area contributed by atoms with E-state index in [2.05, 4.69) is 35.6 Å². The molecule has 4 heteroatoms. The van der Waals surface area contributed by atoms with Crippen LogP contribution in [0.15, 0.2) is 24.3 Å². The maximum atomic E-state index is 5.91. The second kappa shape index (κ2) is 5.14. The third-order valence-corrected chi connectivity index (χ3v) is 3.84. The second-order valence-corrected chi connectivity index (χ2v) is 9.61. The summed E-state index contributed by atoms with van der Waals surface area (Å²) in [6.45, 7) is 6.51. The lowest BCUT2D eigenvalue weighted by Gasteiger charge is -2.22. The zero-order valence-electron chi connectivity index (χ0n) is 9.58. The zero-order chi connectivity index (χ0) is 11.5. The van der Waals surface area contributed by atoms with Gasteiger partial charge in [-0.3, -0.25) is 0 Å². The van der Waals surface area contributed by atoms with Crippen LogP contribution >= 0.6 is 15.9 Å². The summed E-state index contributed by atoms with van der Waals surface area (Å²) in [7, 11) is 0.163. The second-order valence-electron chi connectivity index (χ2n) is 4.32. The first-order valence-electron chi connectivity index (χ1n) is 4.88. The third kappa shape index (κ3) is 4.36. The molecular weight excluding hydrogens is 272 g/mol. The molecule has 0 amide bonds. The minimum atomic E-state index is -1.50. The molecule has 0 fully saturated rings. The summed E-state index contributed by atoms with van der Waals surface area (Å²) < 4.78 is 11.0. The molecule has 2 nitrogen and oxygen atoms in total. The van der Waals surface area contributed by atoms with Crippen molar-refractivity contribution in [3.05, 3.63) is 29.8 Å². The number of hydrogen-bond donors (Lipinski definition) is 0. The molecule has 1 aromatic carbocycles. The first kappa shape index (κ1) is 12.7. The summed E-state index contributed by atoms with van der Waals surface area (Å²) in [5.74, 6) is 0.867. The Labute approximate surface area is 101 Å². The molecule has 0 bridgehead atoms. The van der Waals surface area contributed by atoms with Gasteiger partial charge in [-0.15, -0.1) is 0 Å². The van der Waals surface area contributed by atoms with Crippen LogP contribution in [0.5, 0.6) is 5.75 Å². The smallest absolute Gasteiger partial charge is 0.185 e. The molecule has 15 heavy (non-hydrogen) atoms. The maximum Gasteiger partial charge on any atom is 0.185 e. The Morgan fingerprint density at radius 2 is 1.67 bits per heavy atom. The van der Waals surface area contributed by atoms with E-state index in [1.165, 1.54) is 0 Å². The van der Waals surface area contributed by atoms with E-state index in [4.69, 9.17) is 9.16 Å². The number of methoxy groups -OCH3 is 1. The predicted molar refractivity (Wildman–Crippen MR) is 69.1 cm³/mol. The van der Waals surface area contributed by atoms with Crippen molar-refractivity contribution in [3.63, 3.8) is 0 Å². The Bertz CT molecular complexity index is 305. The van der Waals surface area contributed by atoms with Crippen LogP contribution in [0.1, 0.15) is 10.6 Å². The Kier molecular flexibility index (Phi) is 4.37. The molecule has 0 aliphatic heterocycles. The molecule has 0 radical (unpaired) electrons. The van der Waals surface area contributed by atoms with Gasteiger partial charge in [-0.25, -0.2) is 0 Å². The largest absolute Gasteiger partial charge is 0.497 e. The van der Waals surface area contributed by atoms with Crippen LogP contribution in [-0.4, -0.2) is 15.4 Å². The van der Waals surface area contributed by atoms with Gasteiger partial charge < -0.3 is 9.16 Å². The van der Waals surface area contributed by atoms with E-state index in [1.807, 2.05) is 24.3 Å². The Balaban J connectivity index is 2.70. The van der Waals surface area contributed by atoms with Crippen molar-refractivity contribution in [2.24, 2.45) is 0 Å². The van der Waals surface area contributed by atoms with Crippen molar-refractivity contribution in [1.82, 2.24) is 0 Å². The molecule has 0 aliphatic rings. The number of alkyl halides is 1. The van der Waals surface area contributed by atoms with Gasteiger partial charge in [0.1, 0.15) is 10.8 Å². The SMILES string of the molecule is COc1ccc(C(Br)O[Si](C)(C)C)cc1. The number of halogens is 1.